The van der Waals surface area contributed by atoms with Gasteiger partial charge in [-0.05, 0) is 18.6 Å². The van der Waals surface area contributed by atoms with Crippen molar-refractivity contribution in [2.75, 3.05) is 29.6 Å². The van der Waals surface area contributed by atoms with Crippen molar-refractivity contribution in [3.63, 3.8) is 0 Å². The van der Waals surface area contributed by atoms with E-state index in [0.29, 0.717) is 17.7 Å². The lowest BCUT2D eigenvalue weighted by Gasteiger charge is -2.38. The molecule has 1 aromatic carbocycles. The molecule has 1 heterocycles. The van der Waals surface area contributed by atoms with Crippen LogP contribution in [0.1, 0.15) is 30.1 Å². The lowest BCUT2D eigenvalue weighted by atomic mass is 10.0. The van der Waals surface area contributed by atoms with Gasteiger partial charge in [0.25, 0.3) is 0 Å². The number of carbonyl (C=O) groups is 1. The fraction of sp³-hybridized carbons (Fsp3) is 0.312. The molecule has 0 bridgehead atoms. The summed E-state index contributed by atoms with van der Waals surface area (Å²) in [4.78, 5) is 16.0. The van der Waals surface area contributed by atoms with E-state index in [1.165, 1.54) is 0 Å². The molecule has 0 atom stereocenters. The predicted molar refractivity (Wildman–Crippen MR) is 85.2 cm³/mol. The fourth-order valence-corrected chi connectivity index (χ4v) is 2.41. The highest BCUT2D eigenvalue weighted by Crippen LogP contribution is 2.41. The van der Waals surface area contributed by atoms with E-state index in [4.69, 9.17) is 5.73 Å². The van der Waals surface area contributed by atoms with Crippen molar-refractivity contribution in [1.29, 1.82) is 0 Å². The Morgan fingerprint density at radius 1 is 1.15 bits per heavy atom. The predicted octanol–water partition coefficient (Wildman–Crippen LogP) is 3.17. The van der Waals surface area contributed by atoms with Crippen molar-refractivity contribution in [3.8, 4) is 0 Å². The number of ketones is 1. The summed E-state index contributed by atoms with van der Waals surface area (Å²) in [6.45, 7) is 10.0. The Balaban J connectivity index is 2.58. The molecule has 0 aromatic heterocycles. The molecule has 0 radical (unpaired) electrons. The van der Waals surface area contributed by atoms with E-state index in [2.05, 4.69) is 13.2 Å². The molecular weight excluding hydrogens is 250 g/mol. The normalized spacial score (nSPS) is 14.6. The van der Waals surface area contributed by atoms with Gasteiger partial charge < -0.3 is 15.5 Å². The van der Waals surface area contributed by atoms with E-state index < -0.39 is 0 Å². The van der Waals surface area contributed by atoms with Gasteiger partial charge in [-0.2, -0.15) is 0 Å². The number of nitrogen functional groups attached to an aromatic ring is 1. The van der Waals surface area contributed by atoms with Crippen molar-refractivity contribution in [1.82, 2.24) is 0 Å². The van der Waals surface area contributed by atoms with Crippen LogP contribution < -0.4 is 15.5 Å². The molecule has 0 fully saturated rings. The van der Waals surface area contributed by atoms with Crippen LogP contribution in [0.2, 0.25) is 0 Å². The molecule has 4 heteroatoms. The molecule has 0 amide bonds. The summed E-state index contributed by atoms with van der Waals surface area (Å²) in [6, 6.07) is 3.70. The van der Waals surface area contributed by atoms with Gasteiger partial charge in [-0.15, -0.1) is 0 Å². The Labute approximate surface area is 120 Å². The first kappa shape index (κ1) is 14.2. The smallest absolute Gasteiger partial charge is 0.165 e. The molecule has 1 aliphatic rings. The number of benzene rings is 1. The summed E-state index contributed by atoms with van der Waals surface area (Å²) < 4.78 is 0. The van der Waals surface area contributed by atoms with Gasteiger partial charge in [0.05, 0.1) is 22.8 Å². The number of Topliss-reactive ketones (excluding diaryl/α,β-unsaturated/α-hetero) is 1. The van der Waals surface area contributed by atoms with E-state index in [1.807, 2.05) is 43.0 Å². The zero-order valence-corrected chi connectivity index (χ0v) is 12.4. The molecule has 4 nitrogen and oxygen atoms in total. The molecule has 0 aliphatic carbocycles. The number of rotatable bonds is 3. The molecule has 20 heavy (non-hydrogen) atoms. The third-order valence-corrected chi connectivity index (χ3v) is 3.79. The Kier molecular flexibility index (Phi) is 3.57. The Morgan fingerprint density at radius 3 is 2.15 bits per heavy atom. The highest BCUT2D eigenvalue weighted by molar-refractivity contribution is 6.04. The maximum atomic E-state index is 12.1. The van der Waals surface area contributed by atoms with Gasteiger partial charge in [0.1, 0.15) is 0 Å². The molecule has 1 aliphatic heterocycles. The number of fused-ring (bicyclic) bond motifs is 1. The Morgan fingerprint density at radius 2 is 1.65 bits per heavy atom. The standard InChI is InChI=1S/C16H21N3O/c1-6-7-16(20)12-8-14-15(9-13(12)17)19(5)11(3)10(2)18(14)4/h8-9H,2-3,6-7,17H2,1,4-5H3. The third-order valence-electron chi connectivity index (χ3n) is 3.79. The monoisotopic (exact) mass is 271 g/mol. The van der Waals surface area contributed by atoms with Crippen LogP contribution in [-0.2, 0) is 0 Å². The van der Waals surface area contributed by atoms with Gasteiger partial charge in [-0.25, -0.2) is 0 Å². The van der Waals surface area contributed by atoms with Gasteiger partial charge in [0.2, 0.25) is 0 Å². The average molecular weight is 271 g/mol. The van der Waals surface area contributed by atoms with Crippen molar-refractivity contribution < 1.29 is 4.79 Å². The molecule has 0 saturated heterocycles. The first-order valence-electron chi connectivity index (χ1n) is 6.70. The van der Waals surface area contributed by atoms with Crippen molar-refractivity contribution in [2.45, 2.75) is 19.8 Å². The van der Waals surface area contributed by atoms with Crippen molar-refractivity contribution in [2.24, 2.45) is 0 Å². The van der Waals surface area contributed by atoms with Crippen molar-refractivity contribution >= 4 is 22.8 Å². The summed E-state index contributed by atoms with van der Waals surface area (Å²) in [7, 11) is 3.84. The lowest BCUT2D eigenvalue weighted by Crippen LogP contribution is -2.32. The minimum Gasteiger partial charge on any atom is -0.398 e. The van der Waals surface area contributed by atoms with E-state index in [0.717, 1.165) is 29.2 Å². The second kappa shape index (κ2) is 5.04. The maximum Gasteiger partial charge on any atom is 0.165 e. The molecule has 1 aromatic rings. The molecule has 0 unspecified atom stereocenters. The second-order valence-electron chi connectivity index (χ2n) is 5.11. The minimum absolute atomic E-state index is 0.0823. The highest BCUT2D eigenvalue weighted by atomic mass is 16.1. The van der Waals surface area contributed by atoms with Crippen LogP contribution in [0.3, 0.4) is 0 Å². The fourth-order valence-electron chi connectivity index (χ4n) is 2.41. The van der Waals surface area contributed by atoms with Crippen LogP contribution in [0.15, 0.2) is 36.7 Å². The molecule has 0 saturated carbocycles. The molecule has 2 N–H and O–H groups in total. The van der Waals surface area contributed by atoms with Crippen LogP contribution in [0.4, 0.5) is 17.1 Å². The van der Waals surface area contributed by atoms with Gasteiger partial charge in [0.15, 0.2) is 5.78 Å². The lowest BCUT2D eigenvalue weighted by molar-refractivity contribution is 0.0982. The van der Waals surface area contributed by atoms with Crippen LogP contribution in [0.5, 0.6) is 0 Å². The highest BCUT2D eigenvalue weighted by Gasteiger charge is 2.26. The van der Waals surface area contributed by atoms with Gasteiger partial charge in [0, 0.05) is 31.8 Å². The van der Waals surface area contributed by atoms with E-state index >= 15 is 0 Å². The van der Waals surface area contributed by atoms with E-state index in [-0.39, 0.29) is 5.78 Å². The van der Waals surface area contributed by atoms with Crippen LogP contribution >= 0.6 is 0 Å². The van der Waals surface area contributed by atoms with Gasteiger partial charge in [-0.3, -0.25) is 4.79 Å². The third kappa shape index (κ3) is 2.07. The largest absolute Gasteiger partial charge is 0.398 e. The summed E-state index contributed by atoms with van der Waals surface area (Å²) in [5.41, 5.74) is 10.7. The molecular formula is C16H21N3O. The zero-order chi connectivity index (χ0) is 15.0. The van der Waals surface area contributed by atoms with Crippen molar-refractivity contribution in [3.05, 3.63) is 42.2 Å². The number of hydrogen-bond donors (Lipinski definition) is 1. The maximum absolute atomic E-state index is 12.1. The topological polar surface area (TPSA) is 49.6 Å². The number of likely N-dealkylation sites (N-methyl/N-ethyl adjacent to an activating group) is 2. The first-order chi connectivity index (χ1) is 9.38. The number of carbonyl (C=O) groups excluding carboxylic acids is 1. The van der Waals surface area contributed by atoms with Crippen LogP contribution in [0.25, 0.3) is 0 Å². The van der Waals surface area contributed by atoms with E-state index in [9.17, 15) is 4.79 Å². The number of nitrogens with zero attached hydrogens (tertiary/aromatic N) is 2. The van der Waals surface area contributed by atoms with Crippen LogP contribution in [0, 0.1) is 0 Å². The SMILES string of the molecule is C=C1C(=C)N(C)c2cc(C(=O)CCC)c(N)cc2N1C. The van der Waals surface area contributed by atoms with Crippen LogP contribution in [-0.4, -0.2) is 19.9 Å². The summed E-state index contributed by atoms with van der Waals surface area (Å²) in [5, 5.41) is 0. The molecule has 0 spiro atoms. The quantitative estimate of drug-likeness (QED) is 0.677. The molecule has 106 valence electrons. The molecule has 2 rings (SSSR count). The summed E-state index contributed by atoms with van der Waals surface area (Å²) >= 11 is 0. The Hall–Kier alpha value is -2.23. The minimum atomic E-state index is 0.0823. The number of nitrogens with two attached hydrogens (primary N) is 1. The second-order valence-corrected chi connectivity index (χ2v) is 5.11. The summed E-state index contributed by atoms with van der Waals surface area (Å²) in [6.07, 6.45) is 1.32. The average Bonchev–Trinajstić information content (AvgIpc) is 2.42. The van der Waals surface area contributed by atoms with E-state index in [1.54, 1.807) is 0 Å². The zero-order valence-electron chi connectivity index (χ0n) is 12.4. The first-order valence-corrected chi connectivity index (χ1v) is 6.70. The van der Waals surface area contributed by atoms with Gasteiger partial charge >= 0.3 is 0 Å². The Bertz CT molecular complexity index is 604. The van der Waals surface area contributed by atoms with Gasteiger partial charge in [-0.1, -0.05) is 20.1 Å². The number of anilines is 3. The summed E-state index contributed by atoms with van der Waals surface area (Å²) in [5.74, 6) is 0.0823. The number of hydrogen-bond acceptors (Lipinski definition) is 4.